The standard InChI is InChI=1S/C21H26N2O4S/c1-4-15(2)22-28(25,26)19-11-9-18(10-12-19)27-14-21(24)23-16(3)13-17-7-5-6-8-20(17)23/h5-12,15-16,22H,4,13-14H2,1-3H3/t15-,16+/m0/s1. The number of benzene rings is 2. The van der Waals surface area contributed by atoms with Gasteiger partial charge in [-0.05, 0) is 62.6 Å². The van der Waals surface area contributed by atoms with Gasteiger partial charge < -0.3 is 9.64 Å². The lowest BCUT2D eigenvalue weighted by Crippen LogP contribution is -2.39. The molecule has 28 heavy (non-hydrogen) atoms. The number of amides is 1. The van der Waals surface area contributed by atoms with Gasteiger partial charge in [-0.15, -0.1) is 0 Å². The number of anilines is 1. The van der Waals surface area contributed by atoms with Gasteiger partial charge in [0.2, 0.25) is 10.0 Å². The Kier molecular flexibility index (Phi) is 6.05. The van der Waals surface area contributed by atoms with Crippen LogP contribution in [0.25, 0.3) is 0 Å². The summed E-state index contributed by atoms with van der Waals surface area (Å²) in [6.45, 7) is 5.65. The molecule has 150 valence electrons. The Morgan fingerprint density at radius 3 is 2.57 bits per heavy atom. The van der Waals surface area contributed by atoms with Gasteiger partial charge in [-0.3, -0.25) is 4.79 Å². The largest absolute Gasteiger partial charge is 0.484 e. The first-order valence-corrected chi connectivity index (χ1v) is 10.9. The molecular formula is C21H26N2O4S. The average Bonchev–Trinajstić information content (AvgIpc) is 3.01. The molecule has 0 bridgehead atoms. The molecule has 6 nitrogen and oxygen atoms in total. The van der Waals surface area contributed by atoms with E-state index in [9.17, 15) is 13.2 Å². The monoisotopic (exact) mass is 402 g/mol. The first-order chi connectivity index (χ1) is 13.3. The number of nitrogens with zero attached hydrogens (tertiary/aromatic N) is 1. The Bertz CT molecular complexity index is 941. The predicted molar refractivity (Wildman–Crippen MR) is 109 cm³/mol. The van der Waals surface area contributed by atoms with Gasteiger partial charge in [0.25, 0.3) is 5.91 Å². The van der Waals surface area contributed by atoms with Crippen molar-refractivity contribution < 1.29 is 17.9 Å². The zero-order valence-corrected chi connectivity index (χ0v) is 17.2. The Balaban J connectivity index is 1.63. The molecule has 2 aromatic rings. The van der Waals surface area contributed by atoms with E-state index in [0.29, 0.717) is 12.2 Å². The highest BCUT2D eigenvalue weighted by Crippen LogP contribution is 2.31. The van der Waals surface area contributed by atoms with Crippen molar-refractivity contribution in [2.24, 2.45) is 0 Å². The third-order valence-electron chi connectivity index (χ3n) is 4.94. The third-order valence-corrected chi connectivity index (χ3v) is 6.55. The molecule has 2 aromatic carbocycles. The van der Waals surface area contributed by atoms with Crippen molar-refractivity contribution >= 4 is 21.6 Å². The third kappa shape index (κ3) is 4.36. The normalized spacial score (nSPS) is 17.2. The molecule has 1 aliphatic heterocycles. The van der Waals surface area contributed by atoms with Crippen LogP contribution in [0.5, 0.6) is 5.75 Å². The maximum absolute atomic E-state index is 12.7. The van der Waals surface area contributed by atoms with Gasteiger partial charge in [-0.1, -0.05) is 25.1 Å². The number of hydrogen-bond donors (Lipinski definition) is 1. The molecule has 1 N–H and O–H groups in total. The zero-order chi connectivity index (χ0) is 20.3. The highest BCUT2D eigenvalue weighted by Gasteiger charge is 2.30. The topological polar surface area (TPSA) is 75.7 Å². The Hall–Kier alpha value is -2.38. The van der Waals surface area contributed by atoms with Crippen LogP contribution in [-0.4, -0.2) is 33.0 Å². The first-order valence-electron chi connectivity index (χ1n) is 9.47. The molecule has 0 fully saturated rings. The van der Waals surface area contributed by atoms with E-state index in [2.05, 4.69) is 4.72 Å². The van der Waals surface area contributed by atoms with Crippen LogP contribution < -0.4 is 14.4 Å². The summed E-state index contributed by atoms with van der Waals surface area (Å²) in [7, 11) is -3.55. The number of fused-ring (bicyclic) bond motifs is 1. The fourth-order valence-electron chi connectivity index (χ4n) is 3.29. The molecule has 3 rings (SSSR count). The molecule has 1 heterocycles. The molecule has 2 atom stereocenters. The summed E-state index contributed by atoms with van der Waals surface area (Å²) in [5.41, 5.74) is 2.09. The molecule has 1 aliphatic rings. The number of ether oxygens (including phenoxy) is 1. The number of sulfonamides is 1. The van der Waals surface area contributed by atoms with Crippen LogP contribution in [0, 0.1) is 0 Å². The van der Waals surface area contributed by atoms with Gasteiger partial charge in [0.15, 0.2) is 6.61 Å². The van der Waals surface area contributed by atoms with Crippen molar-refractivity contribution in [2.45, 2.75) is 50.6 Å². The summed E-state index contributed by atoms with van der Waals surface area (Å²) < 4.78 is 32.8. The first kappa shape index (κ1) is 20.4. The van der Waals surface area contributed by atoms with Crippen LogP contribution in [-0.2, 0) is 21.2 Å². The second-order valence-corrected chi connectivity index (χ2v) is 8.85. The molecule has 0 saturated carbocycles. The second kappa shape index (κ2) is 8.32. The van der Waals surface area contributed by atoms with E-state index in [4.69, 9.17) is 4.74 Å². The lowest BCUT2D eigenvalue weighted by molar-refractivity contribution is -0.120. The Morgan fingerprint density at radius 2 is 1.89 bits per heavy atom. The molecule has 0 saturated heterocycles. The van der Waals surface area contributed by atoms with E-state index in [1.54, 1.807) is 17.0 Å². The average molecular weight is 403 g/mol. The van der Waals surface area contributed by atoms with Gasteiger partial charge in [0, 0.05) is 17.8 Å². The number of nitrogens with one attached hydrogen (secondary N) is 1. The van der Waals surface area contributed by atoms with Crippen LogP contribution in [0.4, 0.5) is 5.69 Å². The van der Waals surface area contributed by atoms with Crippen LogP contribution in [0.2, 0.25) is 0 Å². The molecule has 0 spiro atoms. The molecule has 7 heteroatoms. The fourth-order valence-corrected chi connectivity index (χ4v) is 4.62. The number of para-hydroxylation sites is 1. The molecular weight excluding hydrogens is 376 g/mol. The van der Waals surface area contributed by atoms with Crippen molar-refractivity contribution in [3.63, 3.8) is 0 Å². The smallest absolute Gasteiger partial charge is 0.265 e. The van der Waals surface area contributed by atoms with E-state index in [1.807, 2.05) is 45.0 Å². The van der Waals surface area contributed by atoms with Crippen LogP contribution in [0.1, 0.15) is 32.8 Å². The summed E-state index contributed by atoms with van der Waals surface area (Å²) in [4.78, 5) is 14.6. The summed E-state index contributed by atoms with van der Waals surface area (Å²) in [5, 5.41) is 0. The minimum atomic E-state index is -3.55. The maximum Gasteiger partial charge on any atom is 0.265 e. The summed E-state index contributed by atoms with van der Waals surface area (Å²) in [6.07, 6.45) is 1.54. The van der Waals surface area contributed by atoms with Gasteiger partial charge >= 0.3 is 0 Å². The van der Waals surface area contributed by atoms with E-state index >= 15 is 0 Å². The highest BCUT2D eigenvalue weighted by atomic mass is 32.2. The lowest BCUT2D eigenvalue weighted by atomic mass is 10.1. The van der Waals surface area contributed by atoms with Crippen LogP contribution >= 0.6 is 0 Å². The van der Waals surface area contributed by atoms with Gasteiger partial charge in [-0.25, -0.2) is 13.1 Å². The molecule has 0 aromatic heterocycles. The van der Waals surface area contributed by atoms with E-state index < -0.39 is 10.0 Å². The molecule has 0 aliphatic carbocycles. The van der Waals surface area contributed by atoms with Gasteiger partial charge in [0.1, 0.15) is 5.75 Å². The quantitative estimate of drug-likeness (QED) is 0.772. The van der Waals surface area contributed by atoms with Crippen molar-refractivity contribution in [3.05, 3.63) is 54.1 Å². The fraction of sp³-hybridized carbons (Fsp3) is 0.381. The highest BCUT2D eigenvalue weighted by molar-refractivity contribution is 7.89. The summed E-state index contributed by atoms with van der Waals surface area (Å²) >= 11 is 0. The SMILES string of the molecule is CC[C@H](C)NS(=O)(=O)c1ccc(OCC(=O)N2c3ccccc3C[C@H]2C)cc1. The number of carbonyl (C=O) groups excluding carboxylic acids is 1. The predicted octanol–water partition coefficient (Wildman–Crippen LogP) is 3.12. The van der Waals surface area contributed by atoms with E-state index in [0.717, 1.165) is 17.7 Å². The van der Waals surface area contributed by atoms with Gasteiger partial charge in [-0.2, -0.15) is 0 Å². The Labute approximate surface area is 166 Å². The second-order valence-electron chi connectivity index (χ2n) is 7.14. The summed E-state index contributed by atoms with van der Waals surface area (Å²) in [5.74, 6) is 0.337. The zero-order valence-electron chi connectivity index (χ0n) is 16.4. The van der Waals surface area contributed by atoms with Crippen molar-refractivity contribution in [2.75, 3.05) is 11.5 Å². The van der Waals surface area contributed by atoms with Crippen LogP contribution in [0.15, 0.2) is 53.4 Å². The van der Waals surface area contributed by atoms with E-state index in [-0.39, 0.29) is 29.5 Å². The van der Waals surface area contributed by atoms with Crippen LogP contribution in [0.3, 0.4) is 0 Å². The number of hydrogen-bond acceptors (Lipinski definition) is 4. The Morgan fingerprint density at radius 1 is 1.21 bits per heavy atom. The number of carbonyl (C=O) groups is 1. The van der Waals surface area contributed by atoms with Crippen molar-refractivity contribution in [1.82, 2.24) is 4.72 Å². The maximum atomic E-state index is 12.7. The van der Waals surface area contributed by atoms with E-state index in [1.165, 1.54) is 12.1 Å². The van der Waals surface area contributed by atoms with Crippen molar-refractivity contribution in [3.8, 4) is 5.75 Å². The molecule has 0 radical (unpaired) electrons. The minimum Gasteiger partial charge on any atom is -0.484 e. The van der Waals surface area contributed by atoms with Gasteiger partial charge in [0.05, 0.1) is 4.90 Å². The lowest BCUT2D eigenvalue weighted by Gasteiger charge is -2.22. The molecule has 0 unspecified atom stereocenters. The molecule has 1 amide bonds. The minimum absolute atomic E-state index is 0.0904. The number of rotatable bonds is 7. The summed E-state index contributed by atoms with van der Waals surface area (Å²) in [6, 6.07) is 13.9. The van der Waals surface area contributed by atoms with Crippen molar-refractivity contribution in [1.29, 1.82) is 0 Å².